The highest BCUT2D eigenvalue weighted by Gasteiger charge is 2.30. The summed E-state index contributed by atoms with van der Waals surface area (Å²) in [4.78, 5) is 22.3. The standard InChI is InChI=1S/C12H21NO4/c1-2-3-6-17-8-11(14)13-10(12(15)16)7-9-4-5-9/h9-10H,2-8H2,1H3,(H,13,14)(H,15,16). The van der Waals surface area contributed by atoms with Crippen molar-refractivity contribution in [1.82, 2.24) is 5.32 Å². The van der Waals surface area contributed by atoms with Gasteiger partial charge in [0.05, 0.1) is 0 Å². The summed E-state index contributed by atoms with van der Waals surface area (Å²) in [5.74, 6) is -0.828. The van der Waals surface area contributed by atoms with Crippen LogP contribution in [0.2, 0.25) is 0 Å². The van der Waals surface area contributed by atoms with Gasteiger partial charge in [-0.05, 0) is 18.8 Å². The maximum atomic E-state index is 11.4. The van der Waals surface area contributed by atoms with E-state index >= 15 is 0 Å². The Kier molecular flexibility index (Phi) is 5.97. The quantitative estimate of drug-likeness (QED) is 0.596. The molecule has 0 saturated heterocycles. The summed E-state index contributed by atoms with van der Waals surface area (Å²) in [5, 5.41) is 11.5. The second kappa shape index (κ2) is 7.27. The first-order valence-corrected chi connectivity index (χ1v) is 6.23. The van der Waals surface area contributed by atoms with Crippen molar-refractivity contribution in [2.75, 3.05) is 13.2 Å². The first kappa shape index (κ1) is 14.0. The van der Waals surface area contributed by atoms with E-state index in [1.165, 1.54) is 0 Å². The van der Waals surface area contributed by atoms with E-state index in [2.05, 4.69) is 5.32 Å². The van der Waals surface area contributed by atoms with Crippen LogP contribution in [0.1, 0.15) is 39.0 Å². The van der Waals surface area contributed by atoms with Crippen molar-refractivity contribution in [3.8, 4) is 0 Å². The molecule has 0 aliphatic heterocycles. The van der Waals surface area contributed by atoms with Crippen molar-refractivity contribution >= 4 is 11.9 Å². The molecule has 1 atom stereocenters. The third-order valence-corrected chi connectivity index (χ3v) is 2.77. The number of rotatable bonds is 9. The molecule has 0 radical (unpaired) electrons. The molecule has 1 aliphatic rings. The Morgan fingerprint density at radius 1 is 1.47 bits per heavy atom. The largest absolute Gasteiger partial charge is 0.480 e. The van der Waals surface area contributed by atoms with E-state index in [0.29, 0.717) is 18.9 Å². The summed E-state index contributed by atoms with van der Waals surface area (Å²) in [6.07, 6.45) is 4.62. The minimum atomic E-state index is -0.959. The van der Waals surface area contributed by atoms with Crippen LogP contribution in [0.4, 0.5) is 0 Å². The number of ether oxygens (including phenoxy) is 1. The number of carbonyl (C=O) groups is 2. The summed E-state index contributed by atoms with van der Waals surface area (Å²) in [7, 11) is 0. The van der Waals surface area contributed by atoms with Gasteiger partial charge in [0, 0.05) is 6.61 Å². The Morgan fingerprint density at radius 2 is 2.18 bits per heavy atom. The van der Waals surface area contributed by atoms with E-state index in [9.17, 15) is 9.59 Å². The molecule has 1 aliphatic carbocycles. The highest BCUT2D eigenvalue weighted by atomic mass is 16.5. The molecule has 2 N–H and O–H groups in total. The van der Waals surface area contributed by atoms with E-state index in [1.54, 1.807) is 0 Å². The van der Waals surface area contributed by atoms with Gasteiger partial charge < -0.3 is 15.2 Å². The zero-order chi connectivity index (χ0) is 12.7. The molecule has 17 heavy (non-hydrogen) atoms. The molecule has 1 amide bonds. The molecule has 1 rings (SSSR count). The second-order valence-corrected chi connectivity index (χ2v) is 4.54. The summed E-state index contributed by atoms with van der Waals surface area (Å²) in [6.45, 7) is 2.54. The number of carboxylic acids is 1. The summed E-state index contributed by atoms with van der Waals surface area (Å²) < 4.78 is 5.13. The summed E-state index contributed by atoms with van der Waals surface area (Å²) in [5.41, 5.74) is 0. The first-order chi connectivity index (χ1) is 8.13. The Bertz CT molecular complexity index is 263. The van der Waals surface area contributed by atoms with Gasteiger partial charge in [-0.25, -0.2) is 4.79 Å². The predicted octanol–water partition coefficient (Wildman–Crippen LogP) is 1.17. The van der Waals surface area contributed by atoms with Crippen molar-refractivity contribution in [3.05, 3.63) is 0 Å². The van der Waals surface area contributed by atoms with Crippen LogP contribution in [0, 0.1) is 5.92 Å². The third-order valence-electron chi connectivity index (χ3n) is 2.77. The maximum absolute atomic E-state index is 11.4. The minimum Gasteiger partial charge on any atom is -0.480 e. The number of hydrogen-bond donors (Lipinski definition) is 2. The summed E-state index contributed by atoms with van der Waals surface area (Å²) in [6, 6.07) is -0.759. The maximum Gasteiger partial charge on any atom is 0.326 e. The van der Waals surface area contributed by atoms with Gasteiger partial charge in [0.1, 0.15) is 12.6 Å². The van der Waals surface area contributed by atoms with Crippen LogP contribution in [0.25, 0.3) is 0 Å². The van der Waals surface area contributed by atoms with Gasteiger partial charge in [0.15, 0.2) is 0 Å². The van der Waals surface area contributed by atoms with E-state index in [0.717, 1.165) is 25.7 Å². The summed E-state index contributed by atoms with van der Waals surface area (Å²) >= 11 is 0. The first-order valence-electron chi connectivity index (χ1n) is 6.23. The fourth-order valence-electron chi connectivity index (χ4n) is 1.56. The average Bonchev–Trinajstić information content (AvgIpc) is 3.07. The molecule has 1 fully saturated rings. The van der Waals surface area contributed by atoms with Crippen molar-refractivity contribution in [3.63, 3.8) is 0 Å². The smallest absolute Gasteiger partial charge is 0.326 e. The molecule has 0 aromatic rings. The predicted molar refractivity (Wildman–Crippen MR) is 62.6 cm³/mol. The molecule has 1 saturated carbocycles. The Labute approximate surface area is 102 Å². The van der Waals surface area contributed by atoms with Crippen LogP contribution < -0.4 is 5.32 Å². The van der Waals surface area contributed by atoms with Crippen molar-refractivity contribution in [2.24, 2.45) is 5.92 Å². The van der Waals surface area contributed by atoms with E-state index in [-0.39, 0.29) is 12.5 Å². The van der Waals surface area contributed by atoms with E-state index in [4.69, 9.17) is 9.84 Å². The molecule has 5 nitrogen and oxygen atoms in total. The number of aliphatic carboxylic acids is 1. The van der Waals surface area contributed by atoms with Gasteiger partial charge in [-0.1, -0.05) is 26.2 Å². The van der Waals surface area contributed by atoms with E-state index < -0.39 is 12.0 Å². The van der Waals surface area contributed by atoms with Gasteiger partial charge in [0.2, 0.25) is 5.91 Å². The van der Waals surface area contributed by atoms with Crippen LogP contribution >= 0.6 is 0 Å². The average molecular weight is 243 g/mol. The lowest BCUT2D eigenvalue weighted by atomic mass is 10.1. The van der Waals surface area contributed by atoms with Crippen LogP contribution in [-0.4, -0.2) is 36.2 Å². The number of amides is 1. The van der Waals surface area contributed by atoms with Gasteiger partial charge in [-0.3, -0.25) is 4.79 Å². The van der Waals surface area contributed by atoms with Gasteiger partial charge in [-0.2, -0.15) is 0 Å². The lowest BCUT2D eigenvalue weighted by Crippen LogP contribution is -2.42. The number of nitrogens with one attached hydrogen (secondary N) is 1. The Morgan fingerprint density at radius 3 is 2.71 bits per heavy atom. The number of unbranched alkanes of at least 4 members (excludes halogenated alkanes) is 1. The lowest BCUT2D eigenvalue weighted by Gasteiger charge is -2.14. The molecule has 0 spiro atoms. The normalized spacial score (nSPS) is 16.5. The van der Waals surface area contributed by atoms with Crippen molar-refractivity contribution in [2.45, 2.75) is 45.1 Å². The fourth-order valence-corrected chi connectivity index (χ4v) is 1.56. The van der Waals surface area contributed by atoms with Gasteiger partial charge in [0.25, 0.3) is 0 Å². The Hall–Kier alpha value is -1.10. The molecule has 0 aromatic carbocycles. The Balaban J connectivity index is 2.18. The van der Waals surface area contributed by atoms with Crippen LogP contribution in [0.15, 0.2) is 0 Å². The lowest BCUT2D eigenvalue weighted by molar-refractivity contribution is -0.142. The molecule has 0 bridgehead atoms. The number of carboxylic acid groups (broad SMARTS) is 1. The third kappa shape index (κ3) is 6.26. The molecule has 5 heteroatoms. The SMILES string of the molecule is CCCCOCC(=O)NC(CC1CC1)C(=O)O. The number of hydrogen-bond acceptors (Lipinski definition) is 3. The zero-order valence-electron chi connectivity index (χ0n) is 10.3. The molecular weight excluding hydrogens is 222 g/mol. The van der Waals surface area contributed by atoms with Crippen LogP contribution in [-0.2, 0) is 14.3 Å². The molecule has 0 heterocycles. The van der Waals surface area contributed by atoms with Crippen LogP contribution in [0.3, 0.4) is 0 Å². The minimum absolute atomic E-state index is 0.0472. The second-order valence-electron chi connectivity index (χ2n) is 4.54. The molecule has 98 valence electrons. The zero-order valence-corrected chi connectivity index (χ0v) is 10.3. The molecular formula is C12H21NO4. The molecule has 1 unspecified atom stereocenters. The van der Waals surface area contributed by atoms with Gasteiger partial charge >= 0.3 is 5.97 Å². The van der Waals surface area contributed by atoms with Crippen molar-refractivity contribution < 1.29 is 19.4 Å². The van der Waals surface area contributed by atoms with E-state index in [1.807, 2.05) is 6.92 Å². The topological polar surface area (TPSA) is 75.6 Å². The highest BCUT2D eigenvalue weighted by Crippen LogP contribution is 2.33. The fraction of sp³-hybridized carbons (Fsp3) is 0.833. The number of carbonyl (C=O) groups excluding carboxylic acids is 1. The van der Waals surface area contributed by atoms with Gasteiger partial charge in [-0.15, -0.1) is 0 Å². The molecule has 0 aromatic heterocycles. The monoisotopic (exact) mass is 243 g/mol. The highest BCUT2D eigenvalue weighted by molar-refractivity contribution is 5.84. The van der Waals surface area contributed by atoms with Crippen molar-refractivity contribution in [1.29, 1.82) is 0 Å². The van der Waals surface area contributed by atoms with Crippen LogP contribution in [0.5, 0.6) is 0 Å².